The van der Waals surface area contributed by atoms with Crippen LogP contribution in [0.15, 0.2) is 71.6 Å². The van der Waals surface area contributed by atoms with Crippen molar-refractivity contribution in [2.45, 2.75) is 71.0 Å². The van der Waals surface area contributed by atoms with Gasteiger partial charge in [-0.25, -0.2) is 8.42 Å². The van der Waals surface area contributed by atoms with Crippen LogP contribution in [0.1, 0.15) is 50.3 Å². The van der Waals surface area contributed by atoms with E-state index in [2.05, 4.69) is 5.32 Å². The Hall–Kier alpha value is -3.07. The number of hydrogen-bond donors (Lipinski definition) is 1. The zero-order chi connectivity index (χ0) is 30.3. The fraction of sp³-hybridized carbons (Fsp3) is 0.355. The van der Waals surface area contributed by atoms with E-state index in [0.717, 1.165) is 16.3 Å². The summed E-state index contributed by atoms with van der Waals surface area (Å²) in [5.41, 5.74) is 2.63. The second kappa shape index (κ2) is 14.2. The highest BCUT2D eigenvalue weighted by Gasteiger charge is 2.34. The van der Waals surface area contributed by atoms with Gasteiger partial charge < -0.3 is 10.2 Å². The predicted molar refractivity (Wildman–Crippen MR) is 166 cm³/mol. The van der Waals surface area contributed by atoms with Gasteiger partial charge in [0.25, 0.3) is 10.0 Å². The third-order valence-corrected chi connectivity index (χ3v) is 9.33. The Kier molecular flexibility index (Phi) is 11.2. The molecule has 41 heavy (non-hydrogen) atoms. The lowest BCUT2D eigenvalue weighted by molar-refractivity contribution is -0.140. The van der Waals surface area contributed by atoms with Crippen LogP contribution in [0.4, 0.5) is 5.69 Å². The molecule has 1 N–H and O–H groups in total. The maximum atomic E-state index is 14.2. The molecule has 0 radical (unpaired) electrons. The molecule has 2 atom stereocenters. The maximum Gasteiger partial charge on any atom is 0.264 e. The SMILES string of the molecule is CC[C@H](C(=O)N[C@@H](C)CC)N(Cc1ccc(Cl)cc1Cl)C(=O)CN(c1ccc(C)cc1C)S(=O)(=O)c1ccccc1. The summed E-state index contributed by atoms with van der Waals surface area (Å²) < 4.78 is 29.1. The van der Waals surface area contributed by atoms with Gasteiger partial charge in [0.15, 0.2) is 0 Å². The Morgan fingerprint density at radius 3 is 2.20 bits per heavy atom. The number of nitrogens with zero attached hydrogens (tertiary/aromatic N) is 2. The van der Waals surface area contributed by atoms with Gasteiger partial charge in [0.05, 0.1) is 10.6 Å². The standard InChI is InChI=1S/C31H37Cl2N3O4S/c1-6-23(5)34-31(38)28(7-2)35(19-24-14-15-25(32)18-27(24)33)30(37)20-36(29-16-13-21(3)17-22(29)4)41(39,40)26-11-9-8-10-12-26/h8-18,23,28H,6-7,19-20H2,1-5H3,(H,34,38)/t23-,28+/m0/s1. The molecule has 0 aliphatic heterocycles. The number of amides is 2. The molecule has 0 aromatic heterocycles. The van der Waals surface area contributed by atoms with E-state index in [1.807, 2.05) is 33.8 Å². The van der Waals surface area contributed by atoms with Crippen molar-refractivity contribution in [3.05, 3.63) is 93.5 Å². The molecule has 0 aliphatic rings. The Balaban J connectivity index is 2.11. The van der Waals surface area contributed by atoms with Gasteiger partial charge in [-0.1, -0.05) is 79.0 Å². The summed E-state index contributed by atoms with van der Waals surface area (Å²) in [6.45, 7) is 8.86. The molecule has 0 saturated heterocycles. The molecule has 0 aliphatic carbocycles. The Bertz CT molecular complexity index is 1480. The lowest BCUT2D eigenvalue weighted by atomic mass is 10.1. The highest BCUT2D eigenvalue weighted by atomic mass is 35.5. The van der Waals surface area contributed by atoms with Crippen LogP contribution < -0.4 is 9.62 Å². The number of nitrogens with one attached hydrogen (secondary N) is 1. The van der Waals surface area contributed by atoms with Crippen LogP contribution in [-0.2, 0) is 26.2 Å². The number of aryl methyl sites for hydroxylation is 2. The molecule has 0 unspecified atom stereocenters. The summed E-state index contributed by atoms with van der Waals surface area (Å²) in [6, 6.07) is 17.3. The third-order valence-electron chi connectivity index (χ3n) is 6.97. The summed E-state index contributed by atoms with van der Waals surface area (Å²) in [6.07, 6.45) is 1.03. The van der Waals surface area contributed by atoms with E-state index < -0.39 is 28.5 Å². The number of hydrogen-bond acceptors (Lipinski definition) is 4. The number of carbonyl (C=O) groups excluding carboxylic acids is 2. The van der Waals surface area contributed by atoms with E-state index in [0.29, 0.717) is 33.3 Å². The first-order valence-corrected chi connectivity index (χ1v) is 15.8. The van der Waals surface area contributed by atoms with Crippen LogP contribution >= 0.6 is 23.2 Å². The number of rotatable bonds is 12. The number of carbonyl (C=O) groups is 2. The minimum Gasteiger partial charge on any atom is -0.352 e. The summed E-state index contributed by atoms with van der Waals surface area (Å²) >= 11 is 12.6. The van der Waals surface area contributed by atoms with E-state index in [9.17, 15) is 18.0 Å². The summed E-state index contributed by atoms with van der Waals surface area (Å²) in [5, 5.41) is 3.74. The van der Waals surface area contributed by atoms with Crippen LogP contribution in [0.5, 0.6) is 0 Å². The van der Waals surface area contributed by atoms with E-state index in [4.69, 9.17) is 23.2 Å². The van der Waals surface area contributed by atoms with Crippen molar-refractivity contribution in [2.24, 2.45) is 0 Å². The van der Waals surface area contributed by atoms with Gasteiger partial charge >= 0.3 is 0 Å². The van der Waals surface area contributed by atoms with Gasteiger partial charge in [0.1, 0.15) is 12.6 Å². The average Bonchev–Trinajstić information content (AvgIpc) is 2.93. The molecule has 0 spiro atoms. The average molecular weight is 619 g/mol. The minimum atomic E-state index is -4.14. The van der Waals surface area contributed by atoms with Gasteiger partial charge in [0, 0.05) is 22.6 Å². The maximum absolute atomic E-state index is 14.2. The molecular formula is C31H37Cl2N3O4S. The highest BCUT2D eigenvalue weighted by molar-refractivity contribution is 7.92. The second-order valence-corrected chi connectivity index (χ2v) is 12.8. The monoisotopic (exact) mass is 617 g/mol. The lowest BCUT2D eigenvalue weighted by Crippen LogP contribution is -2.53. The van der Waals surface area contributed by atoms with Crippen molar-refractivity contribution in [2.75, 3.05) is 10.8 Å². The zero-order valence-electron chi connectivity index (χ0n) is 24.0. The van der Waals surface area contributed by atoms with Crippen molar-refractivity contribution < 1.29 is 18.0 Å². The molecule has 3 aromatic carbocycles. The van der Waals surface area contributed by atoms with E-state index in [-0.39, 0.29) is 23.4 Å². The van der Waals surface area contributed by atoms with E-state index in [1.165, 1.54) is 17.0 Å². The zero-order valence-corrected chi connectivity index (χ0v) is 26.4. The molecule has 220 valence electrons. The largest absolute Gasteiger partial charge is 0.352 e. The fourth-order valence-electron chi connectivity index (χ4n) is 4.51. The molecule has 0 heterocycles. The first-order valence-electron chi connectivity index (χ1n) is 13.6. The molecular weight excluding hydrogens is 581 g/mol. The first kappa shape index (κ1) is 32.4. The lowest BCUT2D eigenvalue weighted by Gasteiger charge is -2.34. The van der Waals surface area contributed by atoms with Gasteiger partial charge in [-0.3, -0.25) is 13.9 Å². The molecule has 3 rings (SSSR count). The van der Waals surface area contributed by atoms with Crippen LogP contribution in [0.2, 0.25) is 10.0 Å². The normalized spacial score (nSPS) is 12.9. The summed E-state index contributed by atoms with van der Waals surface area (Å²) in [7, 11) is -4.14. The third kappa shape index (κ3) is 8.03. The Morgan fingerprint density at radius 1 is 0.927 bits per heavy atom. The second-order valence-electron chi connectivity index (χ2n) is 10.1. The van der Waals surface area contributed by atoms with Crippen molar-refractivity contribution in [1.29, 1.82) is 0 Å². The van der Waals surface area contributed by atoms with Crippen LogP contribution in [0.25, 0.3) is 0 Å². The number of halogens is 2. The highest BCUT2D eigenvalue weighted by Crippen LogP contribution is 2.29. The molecule has 10 heteroatoms. The fourth-order valence-corrected chi connectivity index (χ4v) is 6.48. The molecule has 2 amide bonds. The number of anilines is 1. The van der Waals surface area contributed by atoms with Crippen LogP contribution in [-0.4, -0.2) is 43.8 Å². The molecule has 0 fully saturated rings. The molecule has 0 saturated carbocycles. The van der Waals surface area contributed by atoms with Crippen molar-refractivity contribution >= 4 is 50.7 Å². The molecule has 7 nitrogen and oxygen atoms in total. The van der Waals surface area contributed by atoms with Crippen LogP contribution in [0, 0.1) is 13.8 Å². The van der Waals surface area contributed by atoms with Crippen LogP contribution in [0.3, 0.4) is 0 Å². The van der Waals surface area contributed by atoms with E-state index >= 15 is 0 Å². The van der Waals surface area contributed by atoms with Crippen molar-refractivity contribution in [3.8, 4) is 0 Å². The number of sulfonamides is 1. The Morgan fingerprint density at radius 2 is 1.61 bits per heavy atom. The van der Waals surface area contributed by atoms with Gasteiger partial charge in [-0.05, 0) is 75.1 Å². The predicted octanol–water partition coefficient (Wildman–Crippen LogP) is 6.53. The van der Waals surface area contributed by atoms with Gasteiger partial charge in [-0.15, -0.1) is 0 Å². The van der Waals surface area contributed by atoms with Crippen molar-refractivity contribution in [3.63, 3.8) is 0 Å². The number of benzene rings is 3. The summed E-state index contributed by atoms with van der Waals surface area (Å²) in [5.74, 6) is -0.856. The quantitative estimate of drug-likeness (QED) is 0.250. The van der Waals surface area contributed by atoms with Crippen molar-refractivity contribution in [1.82, 2.24) is 10.2 Å². The molecule has 0 bridgehead atoms. The molecule has 3 aromatic rings. The van der Waals surface area contributed by atoms with E-state index in [1.54, 1.807) is 55.5 Å². The smallest absolute Gasteiger partial charge is 0.264 e. The summed E-state index contributed by atoms with van der Waals surface area (Å²) in [4.78, 5) is 29.1. The Labute approximate surface area is 253 Å². The minimum absolute atomic E-state index is 0.00657. The first-order chi connectivity index (χ1) is 19.4. The van der Waals surface area contributed by atoms with Gasteiger partial charge in [0.2, 0.25) is 11.8 Å². The van der Waals surface area contributed by atoms with Gasteiger partial charge in [-0.2, -0.15) is 0 Å². The topological polar surface area (TPSA) is 86.8 Å².